The predicted octanol–water partition coefficient (Wildman–Crippen LogP) is 6.35. The van der Waals surface area contributed by atoms with Crippen molar-refractivity contribution in [3.8, 4) is 11.5 Å². The van der Waals surface area contributed by atoms with E-state index < -0.39 is 13.7 Å². The molecule has 2 amide bonds. The van der Waals surface area contributed by atoms with E-state index in [2.05, 4.69) is 52.8 Å². The number of nitrogens with one attached hydrogen (secondary N) is 2. The highest BCUT2D eigenvalue weighted by atomic mass is 28.3. The van der Waals surface area contributed by atoms with Gasteiger partial charge >= 0.3 is 0 Å². The van der Waals surface area contributed by atoms with Crippen LogP contribution in [0.25, 0.3) is 10.9 Å². The number of aliphatic hydroxyl groups excluding tert-OH is 1. The number of rotatable bonds is 14. The van der Waals surface area contributed by atoms with Crippen molar-refractivity contribution >= 4 is 47.4 Å². The molecule has 8 rings (SSSR count). The molecule has 13 heteroatoms. The number of para-hydroxylation sites is 1. The second-order valence-corrected chi connectivity index (χ2v) is 20.6. The summed E-state index contributed by atoms with van der Waals surface area (Å²) in [6.45, 7) is 7.72. The molecule has 6 aromatic rings. The van der Waals surface area contributed by atoms with E-state index in [1.54, 1.807) is 18.9 Å². The van der Waals surface area contributed by atoms with Crippen LogP contribution in [0.4, 0.5) is 11.4 Å². The van der Waals surface area contributed by atoms with Crippen LogP contribution in [0.5, 0.6) is 11.5 Å². The van der Waals surface area contributed by atoms with Gasteiger partial charge in [-0.25, -0.2) is 0 Å². The zero-order chi connectivity index (χ0) is 40.6. The van der Waals surface area contributed by atoms with Crippen molar-refractivity contribution in [3.05, 3.63) is 126 Å². The number of aryl methyl sites for hydroxylation is 1. The van der Waals surface area contributed by atoms with Gasteiger partial charge in [-0.2, -0.15) is 0 Å². The molecule has 2 aliphatic heterocycles. The van der Waals surface area contributed by atoms with Gasteiger partial charge in [-0.05, 0) is 71.6 Å². The molecule has 0 radical (unpaired) electrons. The number of aliphatic hydroxyl groups is 1. The van der Waals surface area contributed by atoms with Crippen LogP contribution in [0.2, 0.25) is 18.6 Å². The number of methoxy groups -OCH3 is 2. The van der Waals surface area contributed by atoms with Crippen molar-refractivity contribution < 1.29 is 28.9 Å². The summed E-state index contributed by atoms with van der Waals surface area (Å²) in [5.41, 5.74) is 4.50. The monoisotopic (exact) mass is 798 g/mol. The van der Waals surface area contributed by atoms with Gasteiger partial charge in [0.25, 0.3) is 5.91 Å². The number of aromatic amines is 1. The summed E-state index contributed by atoms with van der Waals surface area (Å²) in [5.74, 6) is 0.993. The Morgan fingerprint density at radius 2 is 1.78 bits per heavy atom. The quantitative estimate of drug-likeness (QED) is 0.108. The van der Waals surface area contributed by atoms with Gasteiger partial charge in [0.15, 0.2) is 5.60 Å². The molecular weight excluding hydrogens is 749 g/mol. The Morgan fingerprint density at radius 3 is 2.55 bits per heavy atom. The molecule has 58 heavy (non-hydrogen) atoms. The van der Waals surface area contributed by atoms with Crippen molar-refractivity contribution in [3.63, 3.8) is 0 Å². The third-order valence-corrected chi connectivity index (χ3v) is 16.6. The van der Waals surface area contributed by atoms with Crippen molar-refractivity contribution in [2.24, 2.45) is 5.92 Å². The number of amides is 2. The lowest BCUT2D eigenvalue weighted by Crippen LogP contribution is -2.51. The first-order valence-electron chi connectivity index (χ1n) is 19.8. The van der Waals surface area contributed by atoms with E-state index in [1.807, 2.05) is 96.2 Å². The maximum absolute atomic E-state index is 15.4. The van der Waals surface area contributed by atoms with Crippen LogP contribution in [0, 0.1) is 5.92 Å². The van der Waals surface area contributed by atoms with Crippen molar-refractivity contribution in [1.82, 2.24) is 20.0 Å². The highest BCUT2D eigenvalue weighted by Crippen LogP contribution is 2.60. The Labute approximate surface area is 339 Å². The van der Waals surface area contributed by atoms with Gasteiger partial charge in [0.2, 0.25) is 5.91 Å². The van der Waals surface area contributed by atoms with Crippen LogP contribution in [-0.4, -0.2) is 71.9 Å². The van der Waals surface area contributed by atoms with Crippen LogP contribution in [-0.2, 0) is 45.9 Å². The third kappa shape index (κ3) is 7.07. The summed E-state index contributed by atoms with van der Waals surface area (Å²) in [6, 6.07) is 29.8. The van der Waals surface area contributed by atoms with Crippen LogP contribution >= 0.6 is 0 Å². The molecule has 4 atom stereocenters. The number of hydrogen-bond donors (Lipinski definition) is 3. The van der Waals surface area contributed by atoms with Crippen LogP contribution in [0.3, 0.4) is 0 Å². The zero-order valence-corrected chi connectivity index (χ0v) is 34.6. The molecule has 1 fully saturated rings. The fraction of sp³-hybridized carbons (Fsp3) is 0.333. The number of carbonyl (C=O) groups is 2. The van der Waals surface area contributed by atoms with Gasteiger partial charge in [-0.3, -0.25) is 14.3 Å². The SMILES string of the molecule is COc1ccc([Si](C)(C)[C@@H]2[C@@H](CCn3cc(CCO)nn3)O[C@]3(C(=O)N(Cc4cccc(NC(=O)Cc5c[nH]c6ccccc56)c4)c4ccc(OC)cc43)[C@H]2C)cc1. The fourth-order valence-corrected chi connectivity index (χ4v) is 13.4. The standard InChI is InChI=1S/C45H50N6O6Si/c1-29-43(58(4,5)36-16-13-34(55-2)14-17-36)41(19-21-50-28-33(20-22-52)48-49-50)57-45(29)38-25-35(56-3)15-18-40(38)51(44(45)54)27-30-9-8-10-32(23-30)47-42(53)24-31-26-46-39-12-7-6-11-37(31)39/h6-18,23,25-26,28-29,41,43,46,52H,19-22,24,27H2,1-5H3,(H,47,53)/t29-,41+,43-,45+/m0/s1. The lowest BCUT2D eigenvalue weighted by Gasteiger charge is -2.37. The Hall–Kier alpha value is -5.76. The lowest BCUT2D eigenvalue weighted by molar-refractivity contribution is -0.146. The summed E-state index contributed by atoms with van der Waals surface area (Å²) in [5, 5.41) is 23.4. The number of ether oxygens (including phenoxy) is 3. The smallest absolute Gasteiger partial charge is 0.264 e. The van der Waals surface area contributed by atoms with Gasteiger partial charge in [0, 0.05) is 60.0 Å². The predicted molar refractivity (Wildman–Crippen MR) is 226 cm³/mol. The van der Waals surface area contributed by atoms with Crippen LogP contribution in [0.1, 0.15) is 35.7 Å². The van der Waals surface area contributed by atoms with Crippen molar-refractivity contribution in [1.29, 1.82) is 0 Å². The molecular formula is C45H50N6O6Si. The highest BCUT2D eigenvalue weighted by molar-refractivity contribution is 6.91. The maximum atomic E-state index is 15.4. The molecule has 0 saturated carbocycles. The molecule has 1 spiro atoms. The van der Waals surface area contributed by atoms with E-state index in [0.717, 1.165) is 44.7 Å². The average Bonchev–Trinajstić information content (AvgIpc) is 3.99. The molecule has 2 aromatic heterocycles. The molecule has 4 heterocycles. The van der Waals surface area contributed by atoms with E-state index in [9.17, 15) is 9.90 Å². The average molecular weight is 799 g/mol. The van der Waals surface area contributed by atoms with E-state index in [4.69, 9.17) is 14.2 Å². The molecule has 1 saturated heterocycles. The minimum absolute atomic E-state index is 0.000403. The molecule has 300 valence electrons. The highest BCUT2D eigenvalue weighted by Gasteiger charge is 2.66. The van der Waals surface area contributed by atoms with Crippen molar-refractivity contribution in [2.75, 3.05) is 31.0 Å². The maximum Gasteiger partial charge on any atom is 0.264 e. The summed E-state index contributed by atoms with van der Waals surface area (Å²) >= 11 is 0. The number of carbonyl (C=O) groups excluding carboxylic acids is 2. The number of anilines is 2. The Kier molecular flexibility index (Phi) is 10.7. The van der Waals surface area contributed by atoms with Crippen LogP contribution in [0.15, 0.2) is 103 Å². The van der Waals surface area contributed by atoms with E-state index in [0.29, 0.717) is 30.8 Å². The van der Waals surface area contributed by atoms with E-state index in [-0.39, 0.29) is 48.9 Å². The number of nitrogens with zero attached hydrogens (tertiary/aromatic N) is 4. The molecule has 12 nitrogen and oxygen atoms in total. The van der Waals surface area contributed by atoms with Gasteiger partial charge in [-0.15, -0.1) is 5.10 Å². The lowest BCUT2D eigenvalue weighted by atomic mass is 9.82. The van der Waals surface area contributed by atoms with Gasteiger partial charge in [0.05, 0.1) is 52.7 Å². The number of fused-ring (bicyclic) bond motifs is 3. The van der Waals surface area contributed by atoms with Gasteiger partial charge < -0.3 is 34.5 Å². The van der Waals surface area contributed by atoms with E-state index in [1.165, 1.54) is 5.19 Å². The largest absolute Gasteiger partial charge is 0.497 e. The minimum Gasteiger partial charge on any atom is -0.497 e. The third-order valence-electron chi connectivity index (χ3n) is 12.2. The topological polar surface area (TPSA) is 144 Å². The number of H-pyrrole nitrogens is 1. The van der Waals surface area contributed by atoms with Crippen molar-refractivity contribution in [2.45, 2.75) is 69.6 Å². The number of benzene rings is 4. The van der Waals surface area contributed by atoms with Gasteiger partial charge in [0.1, 0.15) is 11.5 Å². The summed E-state index contributed by atoms with van der Waals surface area (Å²) in [7, 11) is 0.921. The molecule has 0 bridgehead atoms. The molecule has 4 aromatic carbocycles. The summed E-state index contributed by atoms with van der Waals surface area (Å²) in [6.07, 6.45) is 4.73. The normalized spacial score (nSPS) is 20.2. The first-order valence-corrected chi connectivity index (χ1v) is 22.9. The molecule has 0 aliphatic carbocycles. The fourth-order valence-electron chi connectivity index (χ4n) is 9.37. The second kappa shape index (κ2) is 15.9. The summed E-state index contributed by atoms with van der Waals surface area (Å²) in [4.78, 5) is 33.7. The minimum atomic E-state index is -2.38. The number of hydrogen-bond acceptors (Lipinski definition) is 8. The van der Waals surface area contributed by atoms with Gasteiger partial charge in [-0.1, -0.05) is 72.9 Å². The first kappa shape index (κ1) is 39.1. The van der Waals surface area contributed by atoms with Crippen LogP contribution < -0.4 is 24.9 Å². The zero-order valence-electron chi connectivity index (χ0n) is 33.6. The number of aromatic nitrogens is 4. The summed E-state index contributed by atoms with van der Waals surface area (Å²) < 4.78 is 20.4. The molecule has 2 aliphatic rings. The molecule has 0 unspecified atom stereocenters. The second-order valence-electron chi connectivity index (χ2n) is 16.0. The Morgan fingerprint density at radius 1 is 1.00 bits per heavy atom. The Bertz CT molecular complexity index is 2450. The first-order chi connectivity index (χ1) is 28.0. The van der Waals surface area contributed by atoms with E-state index >= 15 is 4.79 Å². The Balaban J connectivity index is 1.11. The molecule has 3 N–H and O–H groups in total.